The second kappa shape index (κ2) is 4.84. The van der Waals surface area contributed by atoms with E-state index in [9.17, 15) is 4.79 Å². The minimum Gasteiger partial charge on any atom is -0.460 e. The van der Waals surface area contributed by atoms with Gasteiger partial charge in [0, 0.05) is 16.8 Å². The first-order valence-corrected chi connectivity index (χ1v) is 6.78. The molecule has 0 saturated heterocycles. The third kappa shape index (κ3) is 1.95. The SMILES string of the molecule is CCc1oc2c(-c3ccc(C=O)o3)cc(Cl)cc2c1C. The van der Waals surface area contributed by atoms with Gasteiger partial charge < -0.3 is 8.83 Å². The maximum atomic E-state index is 10.7. The van der Waals surface area contributed by atoms with Crippen molar-refractivity contribution in [3.8, 4) is 11.3 Å². The Morgan fingerprint density at radius 1 is 1.25 bits per heavy atom. The molecule has 0 spiro atoms. The van der Waals surface area contributed by atoms with Gasteiger partial charge in [-0.1, -0.05) is 18.5 Å². The number of halogens is 1. The third-order valence-corrected chi connectivity index (χ3v) is 3.65. The highest BCUT2D eigenvalue weighted by Gasteiger charge is 2.17. The van der Waals surface area contributed by atoms with Crippen LogP contribution in [-0.4, -0.2) is 6.29 Å². The standard InChI is InChI=1S/C16H13ClO3/c1-3-14-9(2)12-6-10(17)7-13(16(12)20-14)15-5-4-11(8-18)19-15/h4-8H,3H2,1-2H3. The lowest BCUT2D eigenvalue weighted by Gasteiger charge is -2.00. The van der Waals surface area contributed by atoms with Gasteiger partial charge in [0.1, 0.15) is 17.1 Å². The second-order valence-corrected chi connectivity index (χ2v) is 5.09. The minimum absolute atomic E-state index is 0.284. The van der Waals surface area contributed by atoms with E-state index in [2.05, 4.69) is 0 Å². The highest BCUT2D eigenvalue weighted by molar-refractivity contribution is 6.32. The van der Waals surface area contributed by atoms with E-state index in [1.165, 1.54) is 0 Å². The fourth-order valence-corrected chi connectivity index (χ4v) is 2.63. The van der Waals surface area contributed by atoms with E-state index in [0.717, 1.165) is 34.3 Å². The Labute approximate surface area is 121 Å². The fourth-order valence-electron chi connectivity index (χ4n) is 2.41. The minimum atomic E-state index is 0.284. The predicted octanol–water partition coefficient (Wildman–Crippen LogP) is 5.03. The molecule has 0 fully saturated rings. The summed E-state index contributed by atoms with van der Waals surface area (Å²) in [6.45, 7) is 4.06. The molecular weight excluding hydrogens is 276 g/mol. The van der Waals surface area contributed by atoms with Crippen LogP contribution in [0.15, 0.2) is 33.1 Å². The second-order valence-electron chi connectivity index (χ2n) is 4.65. The van der Waals surface area contributed by atoms with Crippen LogP contribution in [0.4, 0.5) is 0 Å². The first-order valence-electron chi connectivity index (χ1n) is 6.41. The summed E-state index contributed by atoms with van der Waals surface area (Å²) in [4.78, 5) is 10.7. The van der Waals surface area contributed by atoms with E-state index in [4.69, 9.17) is 20.4 Å². The van der Waals surface area contributed by atoms with Gasteiger partial charge in [0.05, 0.1) is 5.56 Å². The molecule has 2 heterocycles. The Morgan fingerprint density at radius 3 is 2.70 bits per heavy atom. The van der Waals surface area contributed by atoms with E-state index >= 15 is 0 Å². The molecule has 2 aromatic heterocycles. The number of aryl methyl sites for hydroxylation is 2. The van der Waals surface area contributed by atoms with E-state index in [0.29, 0.717) is 17.1 Å². The van der Waals surface area contributed by atoms with Crippen molar-refractivity contribution < 1.29 is 13.6 Å². The molecule has 102 valence electrons. The maximum Gasteiger partial charge on any atom is 0.185 e. The molecule has 3 rings (SSSR count). The summed E-state index contributed by atoms with van der Waals surface area (Å²) in [6, 6.07) is 7.06. The third-order valence-electron chi connectivity index (χ3n) is 3.43. The lowest BCUT2D eigenvalue weighted by molar-refractivity contribution is 0.110. The summed E-state index contributed by atoms with van der Waals surface area (Å²) < 4.78 is 11.4. The Hall–Kier alpha value is -2.00. The average Bonchev–Trinajstić information content (AvgIpc) is 3.04. The van der Waals surface area contributed by atoms with E-state index in [1.54, 1.807) is 18.2 Å². The van der Waals surface area contributed by atoms with Gasteiger partial charge in [0.15, 0.2) is 12.0 Å². The van der Waals surface area contributed by atoms with Gasteiger partial charge in [0.25, 0.3) is 0 Å². The number of carbonyl (C=O) groups is 1. The van der Waals surface area contributed by atoms with Gasteiger partial charge in [-0.05, 0) is 36.8 Å². The van der Waals surface area contributed by atoms with E-state index in [1.807, 2.05) is 19.9 Å². The number of hydrogen-bond acceptors (Lipinski definition) is 3. The van der Waals surface area contributed by atoms with Crippen molar-refractivity contribution in [1.82, 2.24) is 0 Å². The lowest BCUT2D eigenvalue weighted by Crippen LogP contribution is -1.78. The molecule has 0 saturated carbocycles. The summed E-state index contributed by atoms with van der Waals surface area (Å²) >= 11 is 6.19. The Balaban J connectivity index is 2.31. The number of aldehydes is 1. The molecule has 0 aliphatic heterocycles. The summed E-state index contributed by atoms with van der Waals surface area (Å²) in [5.41, 5.74) is 2.60. The normalized spacial score (nSPS) is 11.2. The van der Waals surface area contributed by atoms with Crippen molar-refractivity contribution >= 4 is 28.9 Å². The molecule has 0 radical (unpaired) electrons. The topological polar surface area (TPSA) is 43.4 Å². The van der Waals surface area contributed by atoms with Crippen LogP contribution in [0.3, 0.4) is 0 Å². The van der Waals surface area contributed by atoms with Crippen molar-refractivity contribution in [2.75, 3.05) is 0 Å². The van der Waals surface area contributed by atoms with Gasteiger partial charge in [-0.15, -0.1) is 0 Å². The van der Waals surface area contributed by atoms with Gasteiger partial charge in [0.2, 0.25) is 0 Å². The number of carbonyl (C=O) groups excluding carboxylic acids is 1. The Kier molecular flexibility index (Phi) is 3.14. The molecule has 4 heteroatoms. The van der Waals surface area contributed by atoms with Crippen LogP contribution in [0.5, 0.6) is 0 Å². The highest BCUT2D eigenvalue weighted by atomic mass is 35.5. The summed E-state index contributed by atoms with van der Waals surface area (Å²) in [5.74, 6) is 1.80. The van der Waals surface area contributed by atoms with Crippen molar-refractivity contribution in [2.24, 2.45) is 0 Å². The van der Waals surface area contributed by atoms with Crippen LogP contribution in [0.1, 0.15) is 28.8 Å². The monoisotopic (exact) mass is 288 g/mol. The smallest absolute Gasteiger partial charge is 0.185 e. The number of furan rings is 2. The fraction of sp³-hybridized carbons (Fsp3) is 0.188. The summed E-state index contributed by atoms with van der Waals surface area (Å²) in [5, 5.41) is 1.59. The first-order chi connectivity index (χ1) is 9.63. The number of benzene rings is 1. The lowest BCUT2D eigenvalue weighted by atomic mass is 10.1. The van der Waals surface area contributed by atoms with Crippen LogP contribution in [0, 0.1) is 6.92 Å². The van der Waals surface area contributed by atoms with Crippen molar-refractivity contribution in [3.05, 3.63) is 46.4 Å². The van der Waals surface area contributed by atoms with E-state index in [-0.39, 0.29) is 5.76 Å². The number of hydrogen-bond donors (Lipinski definition) is 0. The quantitative estimate of drug-likeness (QED) is 0.635. The largest absolute Gasteiger partial charge is 0.460 e. The molecule has 0 atom stereocenters. The number of rotatable bonds is 3. The molecule has 3 aromatic rings. The van der Waals surface area contributed by atoms with Crippen molar-refractivity contribution in [3.63, 3.8) is 0 Å². The van der Waals surface area contributed by atoms with Gasteiger partial charge in [-0.25, -0.2) is 0 Å². The van der Waals surface area contributed by atoms with Crippen LogP contribution in [0.2, 0.25) is 5.02 Å². The molecule has 0 aliphatic rings. The van der Waals surface area contributed by atoms with Gasteiger partial charge in [-0.3, -0.25) is 4.79 Å². The van der Waals surface area contributed by atoms with E-state index < -0.39 is 0 Å². The van der Waals surface area contributed by atoms with Crippen LogP contribution in [-0.2, 0) is 6.42 Å². The van der Waals surface area contributed by atoms with Crippen LogP contribution < -0.4 is 0 Å². The molecule has 0 N–H and O–H groups in total. The Morgan fingerprint density at radius 2 is 2.05 bits per heavy atom. The molecule has 0 amide bonds. The first kappa shape index (κ1) is 13.0. The molecule has 1 aromatic carbocycles. The maximum absolute atomic E-state index is 10.7. The van der Waals surface area contributed by atoms with Crippen molar-refractivity contribution in [1.29, 1.82) is 0 Å². The van der Waals surface area contributed by atoms with Crippen LogP contribution >= 0.6 is 11.6 Å². The molecule has 20 heavy (non-hydrogen) atoms. The molecule has 0 bridgehead atoms. The zero-order valence-electron chi connectivity index (χ0n) is 11.2. The van der Waals surface area contributed by atoms with Crippen LogP contribution in [0.25, 0.3) is 22.3 Å². The number of fused-ring (bicyclic) bond motifs is 1. The zero-order chi connectivity index (χ0) is 14.3. The molecule has 3 nitrogen and oxygen atoms in total. The molecule has 0 unspecified atom stereocenters. The molecular formula is C16H13ClO3. The summed E-state index contributed by atoms with van der Waals surface area (Å²) in [6.07, 6.45) is 1.49. The Bertz CT molecular complexity index is 796. The average molecular weight is 289 g/mol. The molecule has 0 aliphatic carbocycles. The summed E-state index contributed by atoms with van der Waals surface area (Å²) in [7, 11) is 0. The van der Waals surface area contributed by atoms with Gasteiger partial charge in [-0.2, -0.15) is 0 Å². The zero-order valence-corrected chi connectivity index (χ0v) is 12.0. The highest BCUT2D eigenvalue weighted by Crippen LogP contribution is 2.37. The predicted molar refractivity (Wildman–Crippen MR) is 78.4 cm³/mol. The van der Waals surface area contributed by atoms with Crippen molar-refractivity contribution in [2.45, 2.75) is 20.3 Å². The van der Waals surface area contributed by atoms with Gasteiger partial charge >= 0.3 is 0 Å².